The molecular weight excluding hydrogens is 885 g/mol. The SMILES string of the molecule is OCc1cc(C(O)CNCCCCCCOCCCc2ccc(OCCCCCCCCCCOc3ccc(CCCOCCCCCCNCC(O)c4ccc(O)c(CO)c4)cc3)cc2)ccc1O. The molecule has 0 bridgehead atoms. The lowest BCUT2D eigenvalue weighted by Crippen LogP contribution is -2.22. The first kappa shape index (κ1) is 58.3. The number of benzene rings is 4. The van der Waals surface area contributed by atoms with Crippen LogP contribution >= 0.6 is 0 Å². The van der Waals surface area contributed by atoms with Crippen LogP contribution in [0.3, 0.4) is 0 Å². The molecule has 0 heterocycles. The van der Waals surface area contributed by atoms with Crippen LogP contribution in [-0.2, 0) is 35.5 Å². The van der Waals surface area contributed by atoms with E-state index in [4.69, 9.17) is 18.9 Å². The van der Waals surface area contributed by atoms with Gasteiger partial charge < -0.3 is 60.2 Å². The third-order valence-corrected chi connectivity index (χ3v) is 12.7. The first-order valence-electron chi connectivity index (χ1n) is 26.6. The highest BCUT2D eigenvalue weighted by Gasteiger charge is 2.12. The lowest BCUT2D eigenvalue weighted by molar-refractivity contribution is 0.127. The van der Waals surface area contributed by atoms with Crippen molar-refractivity contribution < 1.29 is 49.6 Å². The number of hydrogen-bond donors (Lipinski definition) is 8. The zero-order valence-corrected chi connectivity index (χ0v) is 42.2. The van der Waals surface area contributed by atoms with E-state index in [1.54, 1.807) is 24.3 Å². The van der Waals surface area contributed by atoms with Crippen LogP contribution in [0.2, 0.25) is 0 Å². The number of rotatable bonds is 43. The number of aryl methyl sites for hydroxylation is 2. The number of aromatic hydroxyl groups is 2. The molecule has 0 aliphatic heterocycles. The van der Waals surface area contributed by atoms with Crippen molar-refractivity contribution >= 4 is 0 Å². The van der Waals surface area contributed by atoms with Crippen molar-refractivity contribution in [2.75, 3.05) is 65.8 Å². The standard InChI is InChI=1S/C58H88N2O10/c61-45-51-41-49(25-31-55(51)63)57(65)43-59-33-11-5-9-13-35-67-37-17-19-47-21-27-53(28-22-47)69-39-15-7-3-1-2-4-8-16-40-70-54-29-23-48(24-30-54)20-18-38-68-36-14-10-6-12-34-60-44-58(66)50-26-32-56(64)52(42-50)46-62/h21-32,41-42,57-66H,1-20,33-40,43-46H2. The zero-order chi connectivity index (χ0) is 49.7. The van der Waals surface area contributed by atoms with E-state index in [1.807, 2.05) is 0 Å². The summed E-state index contributed by atoms with van der Waals surface area (Å²) >= 11 is 0. The zero-order valence-electron chi connectivity index (χ0n) is 42.2. The molecule has 0 amide bonds. The normalized spacial score (nSPS) is 12.3. The molecule has 2 unspecified atom stereocenters. The van der Waals surface area contributed by atoms with Gasteiger partial charge in [-0.2, -0.15) is 0 Å². The summed E-state index contributed by atoms with van der Waals surface area (Å²) in [6.45, 7) is 6.72. The molecule has 390 valence electrons. The molecule has 0 aliphatic rings. The fourth-order valence-corrected chi connectivity index (χ4v) is 8.32. The fourth-order valence-electron chi connectivity index (χ4n) is 8.32. The predicted molar refractivity (Wildman–Crippen MR) is 280 cm³/mol. The number of hydrogen-bond acceptors (Lipinski definition) is 12. The van der Waals surface area contributed by atoms with E-state index >= 15 is 0 Å². The van der Waals surface area contributed by atoms with Gasteiger partial charge in [-0.15, -0.1) is 0 Å². The van der Waals surface area contributed by atoms with E-state index in [9.17, 15) is 30.6 Å². The van der Waals surface area contributed by atoms with E-state index in [1.165, 1.54) is 61.8 Å². The minimum Gasteiger partial charge on any atom is -0.508 e. The van der Waals surface area contributed by atoms with E-state index in [2.05, 4.69) is 59.2 Å². The van der Waals surface area contributed by atoms with Gasteiger partial charge in [-0.3, -0.25) is 0 Å². The van der Waals surface area contributed by atoms with Gasteiger partial charge in [0.05, 0.1) is 38.6 Å². The summed E-state index contributed by atoms with van der Waals surface area (Å²) in [5.41, 5.74) is 4.85. The highest BCUT2D eigenvalue weighted by Crippen LogP contribution is 2.24. The number of phenols is 2. The van der Waals surface area contributed by atoms with Crippen LogP contribution in [0.1, 0.15) is 161 Å². The number of unbranched alkanes of at least 4 members (excludes halogenated alkanes) is 13. The van der Waals surface area contributed by atoms with Gasteiger partial charge >= 0.3 is 0 Å². The summed E-state index contributed by atoms with van der Waals surface area (Å²) in [7, 11) is 0. The van der Waals surface area contributed by atoms with E-state index in [0.717, 1.165) is 154 Å². The van der Waals surface area contributed by atoms with Gasteiger partial charge in [0.15, 0.2) is 0 Å². The second-order valence-electron chi connectivity index (χ2n) is 18.6. The van der Waals surface area contributed by atoms with Gasteiger partial charge in [-0.1, -0.05) is 101 Å². The molecule has 2 atom stereocenters. The molecule has 12 nitrogen and oxygen atoms in total. The summed E-state index contributed by atoms with van der Waals surface area (Å²) in [6.07, 6.45) is 21.0. The van der Waals surface area contributed by atoms with Gasteiger partial charge in [0.2, 0.25) is 0 Å². The molecule has 4 rings (SSSR count). The molecule has 0 saturated carbocycles. The molecule has 0 saturated heterocycles. The molecule has 4 aromatic carbocycles. The maximum absolute atomic E-state index is 10.4. The van der Waals surface area contributed by atoms with Gasteiger partial charge in [0, 0.05) is 50.6 Å². The Morgan fingerprint density at radius 2 is 0.729 bits per heavy atom. The molecule has 0 spiro atoms. The van der Waals surface area contributed by atoms with Gasteiger partial charge in [-0.05, 0) is 148 Å². The molecule has 0 aromatic heterocycles. The Hall–Kier alpha value is -4.24. The highest BCUT2D eigenvalue weighted by atomic mass is 16.5. The van der Waals surface area contributed by atoms with E-state index < -0.39 is 12.2 Å². The van der Waals surface area contributed by atoms with Crippen LogP contribution in [-0.4, -0.2) is 96.5 Å². The van der Waals surface area contributed by atoms with Gasteiger partial charge in [0.25, 0.3) is 0 Å². The first-order valence-corrected chi connectivity index (χ1v) is 26.6. The van der Waals surface area contributed by atoms with Crippen molar-refractivity contribution in [2.45, 2.75) is 154 Å². The van der Waals surface area contributed by atoms with Gasteiger partial charge in [-0.25, -0.2) is 0 Å². The first-order chi connectivity index (χ1) is 34.4. The van der Waals surface area contributed by atoms with Crippen molar-refractivity contribution in [3.05, 3.63) is 118 Å². The molecule has 0 radical (unpaired) electrons. The molecule has 70 heavy (non-hydrogen) atoms. The lowest BCUT2D eigenvalue weighted by Gasteiger charge is -2.14. The summed E-state index contributed by atoms with van der Waals surface area (Å²) in [6, 6.07) is 26.7. The van der Waals surface area contributed by atoms with E-state index in [-0.39, 0.29) is 24.7 Å². The van der Waals surface area contributed by atoms with Crippen LogP contribution in [0.25, 0.3) is 0 Å². The molecular formula is C58H88N2O10. The third kappa shape index (κ3) is 25.7. The fraction of sp³-hybridized carbons (Fsp3) is 0.586. The highest BCUT2D eigenvalue weighted by molar-refractivity contribution is 5.37. The van der Waals surface area contributed by atoms with Crippen LogP contribution in [0, 0.1) is 0 Å². The minimum absolute atomic E-state index is 0.0436. The van der Waals surface area contributed by atoms with Crippen molar-refractivity contribution in [1.82, 2.24) is 10.6 Å². The van der Waals surface area contributed by atoms with Gasteiger partial charge in [0.1, 0.15) is 23.0 Å². The molecule has 12 heteroatoms. The molecule has 0 aliphatic carbocycles. The second kappa shape index (κ2) is 37.5. The van der Waals surface area contributed by atoms with Crippen LogP contribution in [0.5, 0.6) is 23.0 Å². The maximum atomic E-state index is 10.4. The summed E-state index contributed by atoms with van der Waals surface area (Å²) < 4.78 is 23.7. The Morgan fingerprint density at radius 3 is 1.11 bits per heavy atom. The molecule has 4 aromatic rings. The average Bonchev–Trinajstić information content (AvgIpc) is 3.38. The van der Waals surface area contributed by atoms with Crippen molar-refractivity contribution in [3.63, 3.8) is 0 Å². The van der Waals surface area contributed by atoms with Crippen LogP contribution < -0.4 is 20.1 Å². The van der Waals surface area contributed by atoms with E-state index in [0.29, 0.717) is 35.3 Å². The quantitative estimate of drug-likeness (QED) is 0.0197. The Balaban J connectivity index is 0.839. The van der Waals surface area contributed by atoms with Crippen molar-refractivity contribution in [2.24, 2.45) is 0 Å². The summed E-state index contributed by atoms with van der Waals surface area (Å²) in [4.78, 5) is 0. The van der Waals surface area contributed by atoms with Crippen LogP contribution in [0.4, 0.5) is 0 Å². The lowest BCUT2D eigenvalue weighted by atomic mass is 10.1. The number of aliphatic hydroxyl groups is 4. The number of ether oxygens (including phenoxy) is 4. The van der Waals surface area contributed by atoms with Crippen LogP contribution in [0.15, 0.2) is 84.9 Å². The van der Waals surface area contributed by atoms with Crippen molar-refractivity contribution in [1.29, 1.82) is 0 Å². The summed E-state index contributed by atoms with van der Waals surface area (Å²) in [5, 5.41) is 65.3. The Bertz CT molecular complexity index is 1760. The predicted octanol–water partition coefficient (Wildman–Crippen LogP) is 10.3. The Labute approximate surface area is 419 Å². The average molecular weight is 973 g/mol. The molecule has 0 fully saturated rings. The molecule has 8 N–H and O–H groups in total. The minimum atomic E-state index is -0.673. The largest absolute Gasteiger partial charge is 0.508 e. The smallest absolute Gasteiger partial charge is 0.121 e. The number of nitrogens with one attached hydrogen (secondary N) is 2. The Kier molecular flexibility index (Phi) is 31.3. The summed E-state index contributed by atoms with van der Waals surface area (Å²) in [5.74, 6) is 1.98. The third-order valence-electron chi connectivity index (χ3n) is 12.7. The maximum Gasteiger partial charge on any atom is 0.121 e. The van der Waals surface area contributed by atoms with Crippen molar-refractivity contribution in [3.8, 4) is 23.0 Å². The monoisotopic (exact) mass is 973 g/mol. The topological polar surface area (TPSA) is 182 Å². The Morgan fingerprint density at radius 1 is 0.386 bits per heavy atom. The number of aliphatic hydroxyl groups excluding tert-OH is 4. The second-order valence-corrected chi connectivity index (χ2v) is 18.6.